The highest BCUT2D eigenvalue weighted by molar-refractivity contribution is 5.57. The van der Waals surface area contributed by atoms with E-state index >= 15 is 0 Å². The predicted octanol–water partition coefficient (Wildman–Crippen LogP) is 5.66. The Labute approximate surface area is 171 Å². The molecule has 5 nitrogen and oxygen atoms in total. The van der Waals surface area contributed by atoms with Crippen LogP contribution in [0.2, 0.25) is 0 Å². The van der Waals surface area contributed by atoms with Crippen molar-refractivity contribution in [2.75, 3.05) is 13.2 Å². The second-order valence-electron chi connectivity index (χ2n) is 9.41. The third-order valence-corrected chi connectivity index (χ3v) is 6.75. The fourth-order valence-corrected chi connectivity index (χ4v) is 4.50. The molecule has 2 fully saturated rings. The van der Waals surface area contributed by atoms with Crippen LogP contribution in [-0.4, -0.2) is 41.8 Å². The summed E-state index contributed by atoms with van der Waals surface area (Å²) in [6, 6.07) is 0. The van der Waals surface area contributed by atoms with Crippen LogP contribution >= 0.6 is 0 Å². The van der Waals surface area contributed by atoms with Crippen molar-refractivity contribution in [2.45, 2.75) is 91.8 Å². The molecule has 5 atom stereocenters. The summed E-state index contributed by atoms with van der Waals surface area (Å²) in [6.45, 7) is 15.6. The van der Waals surface area contributed by atoms with Crippen molar-refractivity contribution in [2.24, 2.45) is 23.2 Å². The molecule has 0 aromatic rings. The number of aliphatic hydroxyl groups is 1. The van der Waals surface area contributed by atoms with Gasteiger partial charge in [-0.05, 0) is 62.7 Å². The molecule has 2 N–H and O–H groups in total. The van der Waals surface area contributed by atoms with Crippen LogP contribution in [0.4, 0.5) is 4.79 Å². The number of hydrogen-bond donors (Lipinski definition) is 2. The van der Waals surface area contributed by atoms with Gasteiger partial charge >= 0.3 is 6.16 Å². The lowest BCUT2D eigenvalue weighted by Crippen LogP contribution is -2.34. The molecule has 0 aliphatic heterocycles. The van der Waals surface area contributed by atoms with Crippen LogP contribution in [0.1, 0.15) is 79.6 Å². The van der Waals surface area contributed by atoms with Gasteiger partial charge in [-0.1, -0.05) is 46.3 Å². The number of aliphatic hydroxyl groups excluding tert-OH is 1. The van der Waals surface area contributed by atoms with E-state index in [2.05, 4.69) is 34.3 Å². The van der Waals surface area contributed by atoms with Crippen molar-refractivity contribution in [3.8, 4) is 0 Å². The largest absolute Gasteiger partial charge is 0.506 e. The van der Waals surface area contributed by atoms with E-state index in [4.69, 9.17) is 19.7 Å². The minimum absolute atomic E-state index is 0.148. The number of carbonyl (C=O) groups is 1. The maximum Gasteiger partial charge on any atom is 0.506 e. The lowest BCUT2D eigenvalue weighted by Gasteiger charge is -2.41. The Bertz CT molecular complexity index is 489. The number of rotatable bonds is 6. The summed E-state index contributed by atoms with van der Waals surface area (Å²) < 4.78 is 10.5. The van der Waals surface area contributed by atoms with Crippen LogP contribution in [0.3, 0.4) is 0 Å². The molecule has 0 radical (unpaired) electrons. The number of ether oxygens (including phenoxy) is 2. The lowest BCUT2D eigenvalue weighted by molar-refractivity contribution is -0.0361. The van der Waals surface area contributed by atoms with Gasteiger partial charge in [0.25, 0.3) is 0 Å². The quantitative estimate of drug-likeness (QED) is 0.446. The van der Waals surface area contributed by atoms with Gasteiger partial charge in [0.15, 0.2) is 0 Å². The highest BCUT2D eigenvalue weighted by Gasteiger charge is 2.35. The highest BCUT2D eigenvalue weighted by Crippen LogP contribution is 2.42. The second-order valence-corrected chi connectivity index (χ2v) is 9.41. The normalized spacial score (nSPS) is 33.0. The van der Waals surface area contributed by atoms with Gasteiger partial charge in [-0.15, -0.1) is 0 Å². The Hall–Kier alpha value is -1.07. The molecular weight excluding hydrogens is 356 g/mol. The lowest BCUT2D eigenvalue weighted by atomic mass is 9.67. The summed E-state index contributed by atoms with van der Waals surface area (Å²) in [5.74, 6) is 1.49. The monoisotopic (exact) mass is 398 g/mol. The van der Waals surface area contributed by atoms with Crippen molar-refractivity contribution in [1.29, 1.82) is 0 Å². The molecule has 2 rings (SSSR count). The van der Waals surface area contributed by atoms with Crippen LogP contribution in [0.25, 0.3) is 0 Å². The van der Waals surface area contributed by atoms with E-state index in [1.807, 2.05) is 6.92 Å². The molecule has 5 unspecified atom stereocenters. The van der Waals surface area contributed by atoms with Gasteiger partial charge < -0.3 is 19.7 Å². The summed E-state index contributed by atoms with van der Waals surface area (Å²) in [6.07, 6.45) is 6.89. The van der Waals surface area contributed by atoms with Crippen molar-refractivity contribution < 1.29 is 24.5 Å². The zero-order valence-electron chi connectivity index (χ0n) is 18.6. The Morgan fingerprint density at radius 1 is 1.29 bits per heavy atom. The van der Waals surface area contributed by atoms with Gasteiger partial charge in [-0.3, -0.25) is 0 Å². The third kappa shape index (κ3) is 8.12. The number of carboxylic acid groups (broad SMARTS) is 1. The van der Waals surface area contributed by atoms with E-state index in [9.17, 15) is 4.79 Å². The first-order valence-electron chi connectivity index (χ1n) is 10.9. The van der Waals surface area contributed by atoms with Crippen LogP contribution < -0.4 is 0 Å². The van der Waals surface area contributed by atoms with Gasteiger partial charge in [0.2, 0.25) is 0 Å². The van der Waals surface area contributed by atoms with E-state index < -0.39 is 6.16 Å². The molecule has 0 amide bonds. The van der Waals surface area contributed by atoms with Crippen molar-refractivity contribution >= 4 is 6.16 Å². The first kappa shape index (κ1) is 25.0. The van der Waals surface area contributed by atoms with Gasteiger partial charge in [-0.2, -0.15) is 0 Å². The molecule has 0 saturated heterocycles. The summed E-state index contributed by atoms with van der Waals surface area (Å²) in [5.41, 5.74) is 1.47. The Kier molecular flexibility index (Phi) is 10.5. The minimum Gasteiger partial charge on any atom is -0.450 e. The summed E-state index contributed by atoms with van der Waals surface area (Å²) in [5, 5.41) is 17.3. The van der Waals surface area contributed by atoms with E-state index in [0.29, 0.717) is 24.0 Å². The van der Waals surface area contributed by atoms with Gasteiger partial charge in [0.05, 0.1) is 19.3 Å². The molecule has 2 aliphatic carbocycles. The van der Waals surface area contributed by atoms with Crippen LogP contribution in [-0.2, 0) is 9.47 Å². The van der Waals surface area contributed by atoms with Crippen molar-refractivity contribution in [3.63, 3.8) is 0 Å². The SMILES string of the molecule is C=C(C)C1CCC(C)CC1OC(=O)O.CC(C)C1(C)CCCC(OCCO)C1. The molecule has 2 saturated carbocycles. The fourth-order valence-electron chi connectivity index (χ4n) is 4.50. The average molecular weight is 399 g/mol. The van der Waals surface area contributed by atoms with E-state index in [0.717, 1.165) is 37.2 Å². The molecule has 0 spiro atoms. The molecule has 0 heterocycles. The predicted molar refractivity (Wildman–Crippen MR) is 112 cm³/mol. The van der Waals surface area contributed by atoms with Crippen molar-refractivity contribution in [1.82, 2.24) is 0 Å². The zero-order chi connectivity index (χ0) is 21.3. The first-order valence-corrected chi connectivity index (χ1v) is 10.9. The average Bonchev–Trinajstić information content (AvgIpc) is 2.60. The molecule has 0 bridgehead atoms. The van der Waals surface area contributed by atoms with Crippen LogP contribution in [0.15, 0.2) is 12.2 Å². The number of hydrogen-bond acceptors (Lipinski definition) is 4. The van der Waals surface area contributed by atoms with Gasteiger partial charge in [0, 0.05) is 5.92 Å². The smallest absolute Gasteiger partial charge is 0.450 e. The standard InChI is InChI=1S/C12H24O2.C11H18O3/c1-10(2)12(3)6-4-5-11(9-12)14-8-7-13;1-7(2)9-5-4-8(3)6-10(9)14-11(12)13/h10-11,13H,4-9H2,1-3H3;8-10H,1,4-6H2,2-3H3,(H,12,13). The Morgan fingerprint density at radius 3 is 2.50 bits per heavy atom. The molecule has 164 valence electrons. The van der Waals surface area contributed by atoms with Crippen molar-refractivity contribution in [3.05, 3.63) is 12.2 Å². The summed E-state index contributed by atoms with van der Waals surface area (Å²) in [7, 11) is 0. The zero-order valence-corrected chi connectivity index (χ0v) is 18.6. The Balaban J connectivity index is 0.000000280. The van der Waals surface area contributed by atoms with Crippen LogP contribution in [0.5, 0.6) is 0 Å². The fraction of sp³-hybridized carbons (Fsp3) is 0.870. The van der Waals surface area contributed by atoms with E-state index in [1.165, 1.54) is 19.3 Å². The molecular formula is C23H42O5. The second kappa shape index (κ2) is 11.8. The molecule has 2 aliphatic rings. The first-order chi connectivity index (χ1) is 13.1. The topological polar surface area (TPSA) is 76.0 Å². The van der Waals surface area contributed by atoms with E-state index in [-0.39, 0.29) is 18.6 Å². The van der Waals surface area contributed by atoms with E-state index in [1.54, 1.807) is 0 Å². The molecule has 0 aromatic carbocycles. The minimum atomic E-state index is -1.17. The molecule has 0 aromatic heterocycles. The Morgan fingerprint density at radius 2 is 1.96 bits per heavy atom. The van der Waals surface area contributed by atoms with Gasteiger partial charge in [-0.25, -0.2) is 4.79 Å². The molecule has 5 heteroatoms. The summed E-state index contributed by atoms with van der Waals surface area (Å²) >= 11 is 0. The molecule has 28 heavy (non-hydrogen) atoms. The third-order valence-electron chi connectivity index (χ3n) is 6.75. The van der Waals surface area contributed by atoms with Gasteiger partial charge in [0.1, 0.15) is 6.10 Å². The maximum absolute atomic E-state index is 10.5. The van der Waals surface area contributed by atoms with Crippen LogP contribution in [0, 0.1) is 23.2 Å². The highest BCUT2D eigenvalue weighted by atomic mass is 16.7. The maximum atomic E-state index is 10.5. The summed E-state index contributed by atoms with van der Waals surface area (Å²) in [4.78, 5) is 10.5.